The summed E-state index contributed by atoms with van der Waals surface area (Å²) in [6, 6.07) is 12.6. The van der Waals surface area contributed by atoms with Crippen molar-refractivity contribution in [3.8, 4) is 11.5 Å². The van der Waals surface area contributed by atoms with E-state index in [0.29, 0.717) is 17.2 Å². The van der Waals surface area contributed by atoms with Gasteiger partial charge in [0, 0.05) is 5.69 Å². The highest BCUT2D eigenvalue weighted by atomic mass is 32.1. The topological polar surface area (TPSA) is 73.3 Å². The van der Waals surface area contributed by atoms with Crippen LogP contribution in [0.15, 0.2) is 42.5 Å². The zero-order valence-electron chi connectivity index (χ0n) is 12.6. The molecule has 3 rings (SSSR count). The molecule has 1 amide bonds. The van der Waals surface area contributed by atoms with Crippen molar-refractivity contribution < 1.29 is 14.3 Å². The van der Waals surface area contributed by atoms with Crippen molar-refractivity contribution in [3.05, 3.63) is 42.5 Å². The quantitative estimate of drug-likeness (QED) is 0.778. The summed E-state index contributed by atoms with van der Waals surface area (Å²) in [5, 5.41) is 2.81. The molecule has 1 heterocycles. The van der Waals surface area contributed by atoms with Crippen LogP contribution in [-0.2, 0) is 4.79 Å². The Morgan fingerprint density at radius 2 is 1.87 bits per heavy atom. The molecule has 0 radical (unpaired) electrons. The summed E-state index contributed by atoms with van der Waals surface area (Å²) in [4.78, 5) is 12.3. The molecule has 1 aromatic heterocycles. The molecule has 0 unspecified atom stereocenters. The zero-order chi connectivity index (χ0) is 16.2. The molecule has 1 N–H and O–H groups in total. The molecule has 3 aromatic rings. The number of methoxy groups -OCH3 is 1. The number of nitrogens with one attached hydrogen (secondary N) is 1. The average Bonchev–Trinajstić information content (AvgIpc) is 3.03. The molecule has 0 fully saturated rings. The second-order valence-electron chi connectivity index (χ2n) is 4.87. The monoisotopic (exact) mass is 329 g/mol. The van der Waals surface area contributed by atoms with Gasteiger partial charge >= 0.3 is 0 Å². The maximum atomic E-state index is 12.3. The molecule has 0 aliphatic carbocycles. The van der Waals surface area contributed by atoms with Gasteiger partial charge in [-0.15, -0.1) is 0 Å². The molecule has 0 spiro atoms. The van der Waals surface area contributed by atoms with Gasteiger partial charge in [0.1, 0.15) is 11.0 Å². The number of hydrogen-bond acceptors (Lipinski definition) is 6. The third-order valence-electron chi connectivity index (χ3n) is 3.26. The van der Waals surface area contributed by atoms with E-state index in [1.807, 2.05) is 18.2 Å². The third-order valence-corrected chi connectivity index (χ3v) is 3.82. The number of benzene rings is 2. The zero-order valence-corrected chi connectivity index (χ0v) is 13.5. The SMILES string of the molecule is COc1ccccc1O[C@H](C)C(=O)Nc1ccc2nsnc2c1. The Kier molecular flexibility index (Phi) is 4.38. The Labute approximate surface area is 137 Å². The number of aromatic nitrogens is 2. The number of ether oxygens (including phenoxy) is 2. The van der Waals surface area contributed by atoms with E-state index in [4.69, 9.17) is 9.47 Å². The van der Waals surface area contributed by atoms with Crippen LogP contribution in [0.5, 0.6) is 11.5 Å². The first-order chi connectivity index (χ1) is 11.2. The molecule has 0 aliphatic rings. The van der Waals surface area contributed by atoms with Crippen LogP contribution in [0.2, 0.25) is 0 Å². The smallest absolute Gasteiger partial charge is 0.265 e. The number of fused-ring (bicyclic) bond motifs is 1. The van der Waals surface area contributed by atoms with E-state index in [9.17, 15) is 4.79 Å². The lowest BCUT2D eigenvalue weighted by atomic mass is 10.2. The van der Waals surface area contributed by atoms with E-state index in [2.05, 4.69) is 14.1 Å². The van der Waals surface area contributed by atoms with Gasteiger partial charge in [0.2, 0.25) is 0 Å². The highest BCUT2D eigenvalue weighted by Gasteiger charge is 2.17. The predicted molar refractivity (Wildman–Crippen MR) is 89.1 cm³/mol. The maximum absolute atomic E-state index is 12.3. The summed E-state index contributed by atoms with van der Waals surface area (Å²) >= 11 is 1.14. The fourth-order valence-electron chi connectivity index (χ4n) is 2.06. The molecule has 0 aliphatic heterocycles. The van der Waals surface area contributed by atoms with Crippen LogP contribution < -0.4 is 14.8 Å². The van der Waals surface area contributed by atoms with Gasteiger partial charge in [0.25, 0.3) is 5.91 Å². The van der Waals surface area contributed by atoms with Crippen LogP contribution in [0.4, 0.5) is 5.69 Å². The summed E-state index contributed by atoms with van der Waals surface area (Å²) in [6.45, 7) is 1.69. The van der Waals surface area contributed by atoms with Crippen LogP contribution in [0.25, 0.3) is 11.0 Å². The average molecular weight is 329 g/mol. The summed E-state index contributed by atoms with van der Waals surface area (Å²) < 4.78 is 19.2. The van der Waals surface area contributed by atoms with Crippen molar-refractivity contribution >= 4 is 34.4 Å². The predicted octanol–water partition coefficient (Wildman–Crippen LogP) is 3.11. The van der Waals surface area contributed by atoms with E-state index >= 15 is 0 Å². The lowest BCUT2D eigenvalue weighted by Gasteiger charge is -2.16. The number of rotatable bonds is 5. The number of amides is 1. The van der Waals surface area contributed by atoms with Crippen molar-refractivity contribution in [3.63, 3.8) is 0 Å². The van der Waals surface area contributed by atoms with Crippen molar-refractivity contribution in [1.29, 1.82) is 0 Å². The largest absolute Gasteiger partial charge is 0.493 e. The Morgan fingerprint density at radius 3 is 2.65 bits per heavy atom. The fraction of sp³-hybridized carbons (Fsp3) is 0.188. The van der Waals surface area contributed by atoms with Crippen LogP contribution in [-0.4, -0.2) is 27.9 Å². The third kappa shape index (κ3) is 3.40. The molecule has 6 nitrogen and oxygen atoms in total. The first-order valence-corrected chi connectivity index (χ1v) is 7.73. The number of para-hydroxylation sites is 2. The van der Waals surface area contributed by atoms with Crippen molar-refractivity contribution in [2.45, 2.75) is 13.0 Å². The van der Waals surface area contributed by atoms with Crippen molar-refractivity contribution in [2.75, 3.05) is 12.4 Å². The summed E-state index contributed by atoms with van der Waals surface area (Å²) in [5.74, 6) is 0.859. The van der Waals surface area contributed by atoms with Gasteiger partial charge in [-0.25, -0.2) is 0 Å². The second-order valence-corrected chi connectivity index (χ2v) is 5.40. The van der Waals surface area contributed by atoms with Gasteiger partial charge in [-0.1, -0.05) is 12.1 Å². The van der Waals surface area contributed by atoms with Crippen LogP contribution >= 0.6 is 11.7 Å². The van der Waals surface area contributed by atoms with Gasteiger partial charge in [-0.2, -0.15) is 8.75 Å². The second kappa shape index (κ2) is 6.62. The molecular formula is C16H15N3O3S. The normalized spacial score (nSPS) is 11.9. The van der Waals surface area contributed by atoms with Crippen LogP contribution in [0.1, 0.15) is 6.92 Å². The minimum absolute atomic E-state index is 0.251. The molecular weight excluding hydrogens is 314 g/mol. The van der Waals surface area contributed by atoms with Gasteiger partial charge in [-0.05, 0) is 37.3 Å². The van der Waals surface area contributed by atoms with Crippen LogP contribution in [0, 0.1) is 0 Å². The van der Waals surface area contributed by atoms with Gasteiger partial charge in [0.15, 0.2) is 17.6 Å². The Bertz CT molecular complexity index is 834. The fourth-order valence-corrected chi connectivity index (χ4v) is 2.58. The Hall–Kier alpha value is -2.67. The number of carbonyl (C=O) groups is 1. The van der Waals surface area contributed by atoms with E-state index in [1.165, 1.54) is 0 Å². The molecule has 23 heavy (non-hydrogen) atoms. The van der Waals surface area contributed by atoms with E-state index in [0.717, 1.165) is 22.8 Å². The van der Waals surface area contributed by atoms with E-state index in [1.54, 1.807) is 38.3 Å². The first-order valence-electron chi connectivity index (χ1n) is 7.00. The molecule has 0 bridgehead atoms. The molecule has 0 saturated heterocycles. The highest BCUT2D eigenvalue weighted by Crippen LogP contribution is 2.27. The summed E-state index contributed by atoms with van der Waals surface area (Å²) in [6.07, 6.45) is -0.671. The lowest BCUT2D eigenvalue weighted by molar-refractivity contribution is -0.122. The standard InChI is InChI=1S/C16H15N3O3S/c1-10(22-15-6-4-3-5-14(15)21-2)16(20)17-11-7-8-12-13(9-11)19-23-18-12/h3-10H,1-2H3,(H,17,20)/t10-/m1/s1. The highest BCUT2D eigenvalue weighted by molar-refractivity contribution is 7.00. The number of anilines is 1. The summed E-state index contributed by atoms with van der Waals surface area (Å²) in [5.41, 5.74) is 2.23. The number of hydrogen-bond donors (Lipinski definition) is 1. The molecule has 0 saturated carbocycles. The summed E-state index contributed by atoms with van der Waals surface area (Å²) in [7, 11) is 1.56. The maximum Gasteiger partial charge on any atom is 0.265 e. The van der Waals surface area contributed by atoms with E-state index in [-0.39, 0.29) is 5.91 Å². The Balaban J connectivity index is 1.69. The minimum Gasteiger partial charge on any atom is -0.493 e. The van der Waals surface area contributed by atoms with Gasteiger partial charge in [0.05, 0.1) is 18.8 Å². The molecule has 2 aromatic carbocycles. The van der Waals surface area contributed by atoms with Gasteiger partial charge in [-0.3, -0.25) is 4.79 Å². The number of carbonyl (C=O) groups excluding carboxylic acids is 1. The number of nitrogens with zero attached hydrogens (tertiary/aromatic N) is 2. The minimum atomic E-state index is -0.671. The van der Waals surface area contributed by atoms with Gasteiger partial charge < -0.3 is 14.8 Å². The lowest BCUT2D eigenvalue weighted by Crippen LogP contribution is -2.30. The van der Waals surface area contributed by atoms with E-state index < -0.39 is 6.10 Å². The van der Waals surface area contributed by atoms with Crippen LogP contribution in [0.3, 0.4) is 0 Å². The first kappa shape index (κ1) is 15.2. The van der Waals surface area contributed by atoms with Crippen molar-refractivity contribution in [2.24, 2.45) is 0 Å². The Morgan fingerprint density at radius 1 is 1.13 bits per heavy atom. The molecule has 7 heteroatoms. The molecule has 1 atom stereocenters. The van der Waals surface area contributed by atoms with Crippen molar-refractivity contribution in [1.82, 2.24) is 8.75 Å². The molecule has 118 valence electrons.